The van der Waals surface area contributed by atoms with Crippen molar-refractivity contribution in [1.82, 2.24) is 4.57 Å². The Hall–Kier alpha value is -2.86. The lowest BCUT2D eigenvalue weighted by molar-refractivity contribution is -0.142. The van der Waals surface area contributed by atoms with E-state index in [0.717, 1.165) is 22.5 Å². The van der Waals surface area contributed by atoms with Crippen molar-refractivity contribution in [1.29, 1.82) is 0 Å². The second kappa shape index (κ2) is 7.19. The van der Waals surface area contributed by atoms with Crippen LogP contribution < -0.4 is 0 Å². The Kier molecular flexibility index (Phi) is 4.82. The Balaban J connectivity index is 2.09. The molecular formula is C23H24FNO4. The van der Waals surface area contributed by atoms with Crippen LogP contribution in [0.25, 0.3) is 16.6 Å². The van der Waals surface area contributed by atoms with Crippen LogP contribution in [0.5, 0.6) is 5.75 Å². The van der Waals surface area contributed by atoms with Gasteiger partial charge in [0.05, 0.1) is 18.0 Å². The van der Waals surface area contributed by atoms with Gasteiger partial charge in [-0.15, -0.1) is 0 Å². The average Bonchev–Trinajstić information content (AvgIpc) is 3.02. The number of carboxylic acid groups (broad SMARTS) is 1. The van der Waals surface area contributed by atoms with Crippen molar-refractivity contribution in [2.75, 3.05) is 13.2 Å². The molecule has 152 valence electrons. The van der Waals surface area contributed by atoms with Gasteiger partial charge in [0.25, 0.3) is 0 Å². The first kappa shape index (κ1) is 19.5. The number of aromatic nitrogens is 1. The van der Waals surface area contributed by atoms with E-state index in [-0.39, 0.29) is 11.6 Å². The van der Waals surface area contributed by atoms with Crippen LogP contribution in [-0.2, 0) is 21.4 Å². The van der Waals surface area contributed by atoms with Crippen molar-refractivity contribution < 1.29 is 24.1 Å². The summed E-state index contributed by atoms with van der Waals surface area (Å²) in [7, 11) is 0. The van der Waals surface area contributed by atoms with Crippen LogP contribution in [0.15, 0.2) is 42.5 Å². The van der Waals surface area contributed by atoms with Gasteiger partial charge in [0.2, 0.25) is 0 Å². The number of phenolic OH excluding ortho intramolecular Hbond substituents is 1. The molecule has 1 aliphatic heterocycles. The smallest absolute Gasteiger partial charge is 0.306 e. The average molecular weight is 397 g/mol. The lowest BCUT2D eigenvalue weighted by Gasteiger charge is -2.28. The fourth-order valence-corrected chi connectivity index (χ4v) is 4.35. The summed E-state index contributed by atoms with van der Waals surface area (Å²) in [6.45, 7) is 4.86. The van der Waals surface area contributed by atoms with Crippen LogP contribution in [0.2, 0.25) is 0 Å². The van der Waals surface area contributed by atoms with E-state index in [0.29, 0.717) is 31.4 Å². The van der Waals surface area contributed by atoms with Crippen molar-refractivity contribution in [3.8, 4) is 11.4 Å². The molecule has 0 bridgehead atoms. The number of fused-ring (bicyclic) bond motifs is 3. The number of carbonyl (C=O) groups is 1. The highest BCUT2D eigenvalue weighted by molar-refractivity contribution is 5.93. The molecule has 0 saturated carbocycles. The molecule has 1 aliphatic rings. The van der Waals surface area contributed by atoms with Gasteiger partial charge in [0.1, 0.15) is 11.6 Å². The maximum atomic E-state index is 13.6. The largest absolute Gasteiger partial charge is 0.507 e. The summed E-state index contributed by atoms with van der Waals surface area (Å²) in [5.41, 5.74) is 2.75. The number of benzene rings is 2. The first-order chi connectivity index (χ1) is 13.8. The maximum Gasteiger partial charge on any atom is 0.306 e. The molecule has 0 radical (unpaired) electrons. The van der Waals surface area contributed by atoms with Gasteiger partial charge >= 0.3 is 5.97 Å². The molecule has 29 heavy (non-hydrogen) atoms. The Morgan fingerprint density at radius 2 is 1.93 bits per heavy atom. The van der Waals surface area contributed by atoms with E-state index in [9.17, 15) is 19.4 Å². The number of phenols is 1. The molecule has 0 fully saturated rings. The van der Waals surface area contributed by atoms with E-state index in [4.69, 9.17) is 4.74 Å². The molecule has 2 aromatic carbocycles. The monoisotopic (exact) mass is 397 g/mol. The van der Waals surface area contributed by atoms with Crippen LogP contribution in [-0.4, -0.2) is 34.0 Å². The Labute approximate surface area is 168 Å². The highest BCUT2D eigenvalue weighted by Gasteiger charge is 2.35. The summed E-state index contributed by atoms with van der Waals surface area (Å²) < 4.78 is 21.4. The van der Waals surface area contributed by atoms with E-state index in [1.807, 2.05) is 24.5 Å². The van der Waals surface area contributed by atoms with Gasteiger partial charge in [-0.25, -0.2) is 4.39 Å². The second-order valence-electron chi connectivity index (χ2n) is 8.27. The summed E-state index contributed by atoms with van der Waals surface area (Å²) >= 11 is 0. The number of hydrogen-bond donors (Lipinski definition) is 2. The first-order valence-corrected chi connectivity index (χ1v) is 9.72. The lowest BCUT2D eigenvalue weighted by atomic mass is 9.84. The molecule has 3 aromatic rings. The zero-order valence-electron chi connectivity index (χ0n) is 16.5. The minimum absolute atomic E-state index is 0.111. The maximum absolute atomic E-state index is 13.6. The Morgan fingerprint density at radius 1 is 1.21 bits per heavy atom. The minimum Gasteiger partial charge on any atom is -0.507 e. The van der Waals surface area contributed by atoms with Gasteiger partial charge in [-0.2, -0.15) is 0 Å². The molecular weight excluding hydrogens is 373 g/mol. The summed E-state index contributed by atoms with van der Waals surface area (Å²) in [5.74, 6) is -1.71. The van der Waals surface area contributed by atoms with Crippen molar-refractivity contribution in [2.45, 2.75) is 32.1 Å². The molecule has 4 rings (SSSR count). The van der Waals surface area contributed by atoms with E-state index < -0.39 is 17.3 Å². The second-order valence-corrected chi connectivity index (χ2v) is 8.27. The summed E-state index contributed by atoms with van der Waals surface area (Å²) in [6, 6.07) is 11.4. The number of halogens is 1. The van der Waals surface area contributed by atoms with Gasteiger partial charge in [-0.05, 0) is 54.8 Å². The molecule has 0 saturated heterocycles. The van der Waals surface area contributed by atoms with Crippen molar-refractivity contribution in [3.05, 3.63) is 59.5 Å². The van der Waals surface area contributed by atoms with E-state index in [2.05, 4.69) is 0 Å². The minimum atomic E-state index is -0.877. The number of aliphatic carboxylic acids is 1. The first-order valence-electron chi connectivity index (χ1n) is 9.72. The van der Waals surface area contributed by atoms with E-state index >= 15 is 0 Å². The van der Waals surface area contributed by atoms with Crippen LogP contribution in [0.4, 0.5) is 4.39 Å². The van der Waals surface area contributed by atoms with Gasteiger partial charge in [-0.3, -0.25) is 4.79 Å². The molecule has 2 heterocycles. The summed E-state index contributed by atoms with van der Waals surface area (Å²) in [6.07, 6.45) is 0.696. The predicted octanol–water partition coefficient (Wildman–Crippen LogP) is 4.42. The third-order valence-corrected chi connectivity index (χ3v) is 5.67. The Morgan fingerprint density at radius 3 is 2.62 bits per heavy atom. The molecule has 0 spiro atoms. The highest BCUT2D eigenvalue weighted by Crippen LogP contribution is 2.42. The standard InChI is InChI=1S/C23H24FNO4/c1-23(2)13-29-11-10-14(22(27)28)12-17-20-18(4-3-5-19(20)26)25(21(17)23)16-8-6-15(24)7-9-16/h3-9,14,26H,10-13H2,1-2H3,(H,27,28)/t14-/m0/s1. The normalized spacial score (nSPS) is 19.2. The third kappa shape index (κ3) is 3.38. The lowest BCUT2D eigenvalue weighted by Crippen LogP contribution is -2.28. The van der Waals surface area contributed by atoms with Gasteiger partial charge in [0.15, 0.2) is 0 Å². The SMILES string of the molecule is CC1(C)COCC[C@H](C(=O)O)Cc2c1n(-c1ccc(F)cc1)c1cccc(O)c21. The fourth-order valence-electron chi connectivity index (χ4n) is 4.35. The zero-order valence-corrected chi connectivity index (χ0v) is 16.5. The van der Waals surface area contributed by atoms with Crippen LogP contribution in [0.1, 0.15) is 31.5 Å². The summed E-state index contributed by atoms with van der Waals surface area (Å²) in [5, 5.41) is 21.1. The van der Waals surface area contributed by atoms with E-state index in [1.54, 1.807) is 24.3 Å². The molecule has 1 atom stereocenters. The number of carboxylic acids is 1. The van der Waals surface area contributed by atoms with Crippen LogP contribution >= 0.6 is 0 Å². The van der Waals surface area contributed by atoms with E-state index in [1.165, 1.54) is 12.1 Å². The molecule has 1 aromatic heterocycles. The molecule has 2 N–H and O–H groups in total. The molecule has 0 aliphatic carbocycles. The van der Waals surface area contributed by atoms with Crippen LogP contribution in [0, 0.1) is 11.7 Å². The fraction of sp³-hybridized carbons (Fsp3) is 0.348. The molecule has 0 amide bonds. The molecule has 0 unspecified atom stereocenters. The number of aromatic hydroxyl groups is 1. The number of hydrogen-bond acceptors (Lipinski definition) is 3. The van der Waals surface area contributed by atoms with Gasteiger partial charge in [-0.1, -0.05) is 19.9 Å². The quantitative estimate of drug-likeness (QED) is 0.672. The summed E-state index contributed by atoms with van der Waals surface area (Å²) in [4.78, 5) is 11.9. The third-order valence-electron chi connectivity index (χ3n) is 5.67. The Bertz CT molecular complexity index is 1070. The molecule has 6 heteroatoms. The zero-order chi connectivity index (χ0) is 20.8. The highest BCUT2D eigenvalue weighted by atomic mass is 19.1. The number of rotatable bonds is 2. The topological polar surface area (TPSA) is 71.7 Å². The van der Waals surface area contributed by atoms with Crippen molar-refractivity contribution in [2.24, 2.45) is 5.92 Å². The van der Waals surface area contributed by atoms with Gasteiger partial charge in [0, 0.05) is 28.8 Å². The predicted molar refractivity (Wildman–Crippen MR) is 108 cm³/mol. The van der Waals surface area contributed by atoms with Crippen molar-refractivity contribution in [3.63, 3.8) is 0 Å². The number of nitrogens with zero attached hydrogens (tertiary/aromatic N) is 1. The number of ether oxygens (including phenoxy) is 1. The van der Waals surface area contributed by atoms with Gasteiger partial charge < -0.3 is 19.5 Å². The molecule has 5 nitrogen and oxygen atoms in total. The van der Waals surface area contributed by atoms with Crippen LogP contribution in [0.3, 0.4) is 0 Å². The van der Waals surface area contributed by atoms with Crippen molar-refractivity contribution >= 4 is 16.9 Å².